The maximum Gasteiger partial charge on any atom is 0.233 e. The van der Waals surface area contributed by atoms with Crippen molar-refractivity contribution >= 4 is 16.9 Å². The topological polar surface area (TPSA) is 79.3 Å². The standard InChI is InChI=1S/C23H24N2O5S/c26-15-20(16-4-2-1-3-5-16)23(27)24-11-17-13-25(14-18(17)12-24)31(28)19-6-7-21-22(10-19)30-9-8-29-21/h1-7,10,20,26H,8-9,11-15H2. The minimum Gasteiger partial charge on any atom is -0.486 e. The van der Waals surface area contributed by atoms with Crippen molar-refractivity contribution in [3.63, 3.8) is 0 Å². The van der Waals surface area contributed by atoms with Gasteiger partial charge in [0.2, 0.25) is 5.91 Å². The number of amides is 1. The monoisotopic (exact) mass is 440 g/mol. The van der Waals surface area contributed by atoms with E-state index in [0.717, 1.165) is 16.7 Å². The van der Waals surface area contributed by atoms with E-state index in [0.29, 0.717) is 55.8 Å². The average Bonchev–Trinajstić information content (AvgIpc) is 3.39. The number of carbonyl (C=O) groups is 1. The Morgan fingerprint density at radius 1 is 0.968 bits per heavy atom. The smallest absolute Gasteiger partial charge is 0.233 e. The molecule has 162 valence electrons. The highest BCUT2D eigenvalue weighted by Crippen LogP contribution is 2.34. The number of hydrogen-bond acceptors (Lipinski definition) is 5. The Balaban J connectivity index is 1.23. The van der Waals surface area contributed by atoms with Crippen LogP contribution in [0, 0.1) is 0 Å². The van der Waals surface area contributed by atoms with E-state index in [-0.39, 0.29) is 12.5 Å². The quantitative estimate of drug-likeness (QED) is 0.717. The Bertz CT molecular complexity index is 1040. The number of benzene rings is 2. The number of carbonyl (C=O) groups excluding carboxylic acids is 1. The van der Waals surface area contributed by atoms with Crippen LogP contribution < -0.4 is 9.47 Å². The van der Waals surface area contributed by atoms with Crippen molar-refractivity contribution in [2.24, 2.45) is 0 Å². The molecule has 8 heteroatoms. The van der Waals surface area contributed by atoms with Gasteiger partial charge in [0.15, 0.2) is 11.5 Å². The van der Waals surface area contributed by atoms with Crippen molar-refractivity contribution in [3.8, 4) is 11.5 Å². The average molecular weight is 441 g/mol. The molecule has 2 atom stereocenters. The predicted molar refractivity (Wildman–Crippen MR) is 115 cm³/mol. The SMILES string of the molecule is O=C(C(CO)c1ccccc1)N1CC2=C(C1)CN(S(=O)c1ccc3c(c1)OCCO3)C2. The van der Waals surface area contributed by atoms with Crippen LogP contribution in [0.2, 0.25) is 0 Å². The third-order valence-electron chi connectivity index (χ3n) is 5.94. The summed E-state index contributed by atoms with van der Waals surface area (Å²) in [7, 11) is -1.32. The summed E-state index contributed by atoms with van der Waals surface area (Å²) in [5.74, 6) is 0.691. The van der Waals surface area contributed by atoms with Crippen LogP contribution in [-0.4, -0.2) is 70.4 Å². The summed E-state index contributed by atoms with van der Waals surface area (Å²) >= 11 is 0. The molecule has 5 rings (SSSR count). The lowest BCUT2D eigenvalue weighted by atomic mass is 9.98. The van der Waals surface area contributed by atoms with Gasteiger partial charge >= 0.3 is 0 Å². The van der Waals surface area contributed by atoms with Gasteiger partial charge in [-0.3, -0.25) is 4.79 Å². The number of aliphatic hydroxyl groups excluding tert-OH is 1. The molecule has 0 saturated carbocycles. The highest BCUT2D eigenvalue weighted by molar-refractivity contribution is 7.82. The molecule has 1 amide bonds. The van der Waals surface area contributed by atoms with Gasteiger partial charge in [0.05, 0.1) is 17.4 Å². The van der Waals surface area contributed by atoms with Crippen LogP contribution in [-0.2, 0) is 15.8 Å². The number of nitrogens with zero attached hydrogens (tertiary/aromatic N) is 2. The molecule has 3 heterocycles. The van der Waals surface area contributed by atoms with Gasteiger partial charge in [-0.15, -0.1) is 0 Å². The molecule has 0 fully saturated rings. The number of rotatable bonds is 5. The molecule has 3 aliphatic heterocycles. The molecule has 0 aliphatic carbocycles. The summed E-state index contributed by atoms with van der Waals surface area (Å²) in [4.78, 5) is 15.5. The first kappa shape index (κ1) is 20.2. The summed E-state index contributed by atoms with van der Waals surface area (Å²) in [5.41, 5.74) is 3.11. The Kier molecular flexibility index (Phi) is 5.52. The van der Waals surface area contributed by atoms with Crippen molar-refractivity contribution < 1.29 is 23.6 Å². The van der Waals surface area contributed by atoms with Crippen LogP contribution in [0.4, 0.5) is 0 Å². The third-order valence-corrected chi connectivity index (χ3v) is 7.33. The van der Waals surface area contributed by atoms with Crippen molar-refractivity contribution in [2.45, 2.75) is 10.8 Å². The molecule has 2 aromatic rings. The Morgan fingerprint density at radius 3 is 2.32 bits per heavy atom. The molecule has 0 radical (unpaired) electrons. The normalized spacial score (nSPS) is 20.0. The fourth-order valence-electron chi connectivity index (χ4n) is 4.33. The maximum absolute atomic E-state index is 13.1. The van der Waals surface area contributed by atoms with Gasteiger partial charge in [0.1, 0.15) is 24.2 Å². The molecule has 2 aromatic carbocycles. The number of aliphatic hydroxyl groups is 1. The van der Waals surface area contributed by atoms with E-state index < -0.39 is 16.9 Å². The molecule has 3 aliphatic rings. The van der Waals surface area contributed by atoms with Crippen LogP contribution in [0.5, 0.6) is 11.5 Å². The van der Waals surface area contributed by atoms with E-state index in [1.165, 1.54) is 0 Å². The Labute approximate surface area is 183 Å². The number of ether oxygens (including phenoxy) is 2. The van der Waals surface area contributed by atoms with Crippen LogP contribution in [0.15, 0.2) is 64.6 Å². The first-order valence-corrected chi connectivity index (χ1v) is 11.5. The molecule has 0 saturated heterocycles. The minimum atomic E-state index is -1.32. The van der Waals surface area contributed by atoms with E-state index in [9.17, 15) is 14.1 Å². The second-order valence-corrected chi connectivity index (χ2v) is 9.39. The lowest BCUT2D eigenvalue weighted by molar-refractivity contribution is -0.132. The van der Waals surface area contributed by atoms with E-state index >= 15 is 0 Å². The van der Waals surface area contributed by atoms with Crippen molar-refractivity contribution in [2.75, 3.05) is 46.0 Å². The van der Waals surface area contributed by atoms with Crippen LogP contribution >= 0.6 is 0 Å². The number of fused-ring (bicyclic) bond motifs is 1. The van der Waals surface area contributed by atoms with E-state index in [2.05, 4.69) is 0 Å². The summed E-state index contributed by atoms with van der Waals surface area (Å²) in [5, 5.41) is 9.81. The highest BCUT2D eigenvalue weighted by atomic mass is 32.2. The minimum absolute atomic E-state index is 0.0670. The molecule has 0 aromatic heterocycles. The van der Waals surface area contributed by atoms with Gasteiger partial charge in [0.25, 0.3) is 0 Å². The summed E-state index contributed by atoms with van der Waals surface area (Å²) in [6.07, 6.45) is 0. The molecule has 31 heavy (non-hydrogen) atoms. The molecular weight excluding hydrogens is 416 g/mol. The summed E-state index contributed by atoms with van der Waals surface area (Å²) < 4.78 is 26.2. The van der Waals surface area contributed by atoms with Crippen molar-refractivity contribution in [1.29, 1.82) is 0 Å². The zero-order valence-electron chi connectivity index (χ0n) is 17.0. The van der Waals surface area contributed by atoms with Crippen molar-refractivity contribution in [3.05, 3.63) is 65.2 Å². The molecule has 2 unspecified atom stereocenters. The first-order valence-electron chi connectivity index (χ1n) is 10.3. The number of hydrogen-bond donors (Lipinski definition) is 1. The summed E-state index contributed by atoms with van der Waals surface area (Å²) in [6.45, 7) is 2.96. The van der Waals surface area contributed by atoms with Gasteiger partial charge in [-0.1, -0.05) is 30.3 Å². The Morgan fingerprint density at radius 2 is 1.65 bits per heavy atom. The van der Waals surface area contributed by atoms with Crippen molar-refractivity contribution in [1.82, 2.24) is 9.21 Å². The lowest BCUT2D eigenvalue weighted by Gasteiger charge is -2.26. The van der Waals surface area contributed by atoms with Gasteiger partial charge in [-0.2, -0.15) is 0 Å². The molecule has 0 spiro atoms. The van der Waals surface area contributed by atoms with Gasteiger partial charge in [-0.05, 0) is 28.8 Å². The lowest BCUT2D eigenvalue weighted by Crippen LogP contribution is -2.38. The van der Waals surface area contributed by atoms with Crippen LogP contribution in [0.25, 0.3) is 0 Å². The zero-order chi connectivity index (χ0) is 21.4. The Hall–Kier alpha value is -2.68. The molecular formula is C23H24N2O5S. The van der Waals surface area contributed by atoms with Crippen LogP contribution in [0.1, 0.15) is 11.5 Å². The summed E-state index contributed by atoms with van der Waals surface area (Å²) in [6, 6.07) is 14.8. The van der Waals surface area contributed by atoms with Crippen LogP contribution in [0.3, 0.4) is 0 Å². The highest BCUT2D eigenvalue weighted by Gasteiger charge is 2.36. The van der Waals surface area contributed by atoms with Gasteiger partial charge in [0, 0.05) is 32.2 Å². The zero-order valence-corrected chi connectivity index (χ0v) is 17.8. The second kappa shape index (κ2) is 8.45. The van der Waals surface area contributed by atoms with E-state index in [1.54, 1.807) is 17.0 Å². The fourth-order valence-corrected chi connectivity index (χ4v) is 5.57. The molecule has 0 bridgehead atoms. The van der Waals surface area contributed by atoms with E-state index in [4.69, 9.17) is 9.47 Å². The van der Waals surface area contributed by atoms with E-state index in [1.807, 2.05) is 40.7 Å². The maximum atomic E-state index is 13.1. The molecule has 7 nitrogen and oxygen atoms in total. The van der Waals surface area contributed by atoms with Gasteiger partial charge < -0.3 is 19.5 Å². The second-order valence-electron chi connectivity index (χ2n) is 7.90. The predicted octanol–water partition coefficient (Wildman–Crippen LogP) is 1.71. The third kappa shape index (κ3) is 3.86. The van der Waals surface area contributed by atoms with Gasteiger partial charge in [-0.25, -0.2) is 8.51 Å². The fraction of sp³-hybridized carbons (Fsp3) is 0.348. The largest absolute Gasteiger partial charge is 0.486 e. The molecule has 1 N–H and O–H groups in total. The first-order chi connectivity index (χ1) is 15.1.